The minimum Gasteiger partial charge on any atom is -0.329 e. The zero-order chi connectivity index (χ0) is 23.3. The van der Waals surface area contributed by atoms with Crippen molar-refractivity contribution >= 4 is 58.2 Å². The molecule has 1 aliphatic rings. The number of anilines is 2. The first-order chi connectivity index (χ1) is 15.3. The number of carbonyl (C=O) groups is 4. The first kappa shape index (κ1) is 23.6. The van der Waals surface area contributed by atoms with Crippen LogP contribution in [0.4, 0.5) is 11.4 Å². The molecule has 0 aromatic heterocycles. The molecule has 0 aliphatic carbocycles. The second-order valence-electron chi connectivity index (χ2n) is 7.21. The van der Waals surface area contributed by atoms with Gasteiger partial charge in [0.1, 0.15) is 6.54 Å². The predicted molar refractivity (Wildman–Crippen MR) is 123 cm³/mol. The highest BCUT2D eigenvalue weighted by molar-refractivity contribution is 6.35. The Bertz CT molecular complexity index is 1040. The highest BCUT2D eigenvalue weighted by Crippen LogP contribution is 2.25. The Morgan fingerprint density at radius 1 is 1.09 bits per heavy atom. The lowest BCUT2D eigenvalue weighted by atomic mass is 10.1. The SMILES string of the molecule is CCCN(CC(=O)Nc1cc(Cl)ccc1Cl)C(=O)c1ccc(N2NC(=O)CCC2=O)cc1. The molecular weight excluding hydrogens is 455 g/mol. The first-order valence-corrected chi connectivity index (χ1v) is 10.8. The molecule has 0 saturated carbocycles. The fourth-order valence-electron chi connectivity index (χ4n) is 3.20. The summed E-state index contributed by atoms with van der Waals surface area (Å²) in [5.74, 6) is -1.22. The first-order valence-electron chi connectivity index (χ1n) is 10.0. The third-order valence-corrected chi connectivity index (χ3v) is 5.31. The van der Waals surface area contributed by atoms with Crippen LogP contribution in [-0.4, -0.2) is 41.6 Å². The number of carbonyl (C=O) groups excluding carboxylic acids is 4. The van der Waals surface area contributed by atoms with Crippen LogP contribution in [0.1, 0.15) is 36.5 Å². The van der Waals surface area contributed by atoms with E-state index in [1.54, 1.807) is 36.4 Å². The average molecular weight is 477 g/mol. The molecule has 2 N–H and O–H groups in total. The molecule has 1 heterocycles. The van der Waals surface area contributed by atoms with Crippen molar-refractivity contribution in [2.24, 2.45) is 0 Å². The maximum atomic E-state index is 13.0. The number of amides is 4. The van der Waals surface area contributed by atoms with Crippen molar-refractivity contribution in [3.63, 3.8) is 0 Å². The van der Waals surface area contributed by atoms with Crippen molar-refractivity contribution in [1.29, 1.82) is 0 Å². The van der Waals surface area contributed by atoms with Gasteiger partial charge in [0.2, 0.25) is 17.7 Å². The third-order valence-electron chi connectivity index (χ3n) is 4.74. The maximum Gasteiger partial charge on any atom is 0.254 e. The van der Waals surface area contributed by atoms with E-state index >= 15 is 0 Å². The predicted octanol–water partition coefficient (Wildman–Crippen LogP) is 3.64. The molecular formula is C22H22Cl2N4O4. The Morgan fingerprint density at radius 3 is 2.50 bits per heavy atom. The van der Waals surface area contributed by atoms with Crippen molar-refractivity contribution in [2.45, 2.75) is 26.2 Å². The molecule has 4 amide bonds. The lowest BCUT2D eigenvalue weighted by molar-refractivity contribution is -0.130. The number of nitrogens with one attached hydrogen (secondary N) is 2. The maximum absolute atomic E-state index is 13.0. The highest BCUT2D eigenvalue weighted by Gasteiger charge is 2.25. The number of hydrogen-bond acceptors (Lipinski definition) is 4. The fraction of sp³-hybridized carbons (Fsp3) is 0.273. The highest BCUT2D eigenvalue weighted by atomic mass is 35.5. The third kappa shape index (κ3) is 5.77. The minimum atomic E-state index is -0.408. The number of hydrazine groups is 1. The quantitative estimate of drug-likeness (QED) is 0.636. The lowest BCUT2D eigenvalue weighted by Gasteiger charge is -2.27. The summed E-state index contributed by atoms with van der Waals surface area (Å²) in [7, 11) is 0. The molecule has 32 heavy (non-hydrogen) atoms. The molecule has 0 radical (unpaired) electrons. The Morgan fingerprint density at radius 2 is 1.81 bits per heavy atom. The Kier molecular flexibility index (Phi) is 7.71. The van der Waals surface area contributed by atoms with Crippen molar-refractivity contribution < 1.29 is 19.2 Å². The molecule has 2 aromatic carbocycles. The number of benzene rings is 2. The van der Waals surface area contributed by atoms with Crippen LogP contribution in [0.3, 0.4) is 0 Å². The van der Waals surface area contributed by atoms with E-state index in [9.17, 15) is 19.2 Å². The van der Waals surface area contributed by atoms with Gasteiger partial charge in [0.05, 0.1) is 16.4 Å². The zero-order valence-electron chi connectivity index (χ0n) is 17.4. The average Bonchev–Trinajstić information content (AvgIpc) is 2.77. The van der Waals surface area contributed by atoms with Gasteiger partial charge in [-0.2, -0.15) is 0 Å². The zero-order valence-corrected chi connectivity index (χ0v) is 18.9. The van der Waals surface area contributed by atoms with Gasteiger partial charge in [0, 0.05) is 30.0 Å². The summed E-state index contributed by atoms with van der Waals surface area (Å²) in [5.41, 5.74) is 3.68. The molecule has 8 nitrogen and oxygen atoms in total. The van der Waals surface area contributed by atoms with E-state index in [1.165, 1.54) is 16.0 Å². The van der Waals surface area contributed by atoms with Crippen molar-refractivity contribution in [3.05, 3.63) is 58.1 Å². The number of halogens is 2. The van der Waals surface area contributed by atoms with E-state index in [1.807, 2.05) is 6.92 Å². The smallest absolute Gasteiger partial charge is 0.254 e. The standard InChI is InChI=1S/C22H22Cl2N4O4/c1-2-11-27(13-20(30)25-18-12-15(23)5-8-17(18)24)22(32)14-3-6-16(7-4-14)28-21(31)10-9-19(29)26-28/h3-8,12H,2,9-11,13H2,1H3,(H,25,30)(H,26,29). The summed E-state index contributed by atoms with van der Waals surface area (Å²) in [6.07, 6.45) is 0.937. The summed E-state index contributed by atoms with van der Waals surface area (Å²) < 4.78 is 0. The second kappa shape index (κ2) is 10.5. The Hall–Kier alpha value is -3.10. The molecule has 1 saturated heterocycles. The van der Waals surface area contributed by atoms with Crippen molar-refractivity contribution in [2.75, 3.05) is 23.4 Å². The van der Waals surface area contributed by atoms with Crippen LogP contribution in [0.25, 0.3) is 0 Å². The number of nitrogens with zero attached hydrogens (tertiary/aromatic N) is 2. The van der Waals surface area contributed by atoms with Gasteiger partial charge < -0.3 is 10.2 Å². The van der Waals surface area contributed by atoms with Crippen LogP contribution in [0.5, 0.6) is 0 Å². The fourth-order valence-corrected chi connectivity index (χ4v) is 3.54. The van der Waals surface area contributed by atoms with Crippen LogP contribution in [0.2, 0.25) is 10.0 Å². The van der Waals surface area contributed by atoms with Crippen LogP contribution >= 0.6 is 23.2 Å². The summed E-state index contributed by atoms with van der Waals surface area (Å²) in [6.45, 7) is 2.11. The normalized spacial score (nSPS) is 13.5. The largest absolute Gasteiger partial charge is 0.329 e. The summed E-state index contributed by atoms with van der Waals surface area (Å²) >= 11 is 12.0. The number of rotatable bonds is 7. The summed E-state index contributed by atoms with van der Waals surface area (Å²) in [6, 6.07) is 11.0. The lowest BCUT2D eigenvalue weighted by Crippen LogP contribution is -2.50. The molecule has 1 aliphatic heterocycles. The van der Waals surface area contributed by atoms with Crippen LogP contribution < -0.4 is 15.8 Å². The van der Waals surface area contributed by atoms with E-state index < -0.39 is 5.91 Å². The van der Waals surface area contributed by atoms with Gasteiger partial charge in [0.25, 0.3) is 5.91 Å². The molecule has 0 bridgehead atoms. The van der Waals surface area contributed by atoms with Gasteiger partial charge in [-0.1, -0.05) is 30.1 Å². The van der Waals surface area contributed by atoms with Crippen LogP contribution in [0.15, 0.2) is 42.5 Å². The molecule has 0 spiro atoms. The van der Waals surface area contributed by atoms with Crippen LogP contribution in [-0.2, 0) is 14.4 Å². The summed E-state index contributed by atoms with van der Waals surface area (Å²) in [4.78, 5) is 50.6. The summed E-state index contributed by atoms with van der Waals surface area (Å²) in [5, 5.41) is 4.61. The molecule has 0 atom stereocenters. The van der Waals surface area contributed by atoms with Gasteiger partial charge in [-0.15, -0.1) is 0 Å². The second-order valence-corrected chi connectivity index (χ2v) is 8.05. The van der Waals surface area contributed by atoms with E-state index in [-0.39, 0.29) is 37.1 Å². The molecule has 0 unspecified atom stereocenters. The van der Waals surface area contributed by atoms with E-state index in [0.29, 0.717) is 39.9 Å². The molecule has 2 aromatic rings. The van der Waals surface area contributed by atoms with Gasteiger partial charge in [-0.05, 0) is 48.9 Å². The Labute approximate surface area is 195 Å². The monoisotopic (exact) mass is 476 g/mol. The van der Waals surface area contributed by atoms with Gasteiger partial charge in [-0.3, -0.25) is 24.6 Å². The van der Waals surface area contributed by atoms with Gasteiger partial charge in [0.15, 0.2) is 0 Å². The van der Waals surface area contributed by atoms with E-state index in [0.717, 1.165) is 0 Å². The molecule has 10 heteroatoms. The van der Waals surface area contributed by atoms with Crippen LogP contribution in [0, 0.1) is 0 Å². The van der Waals surface area contributed by atoms with Crippen molar-refractivity contribution in [3.8, 4) is 0 Å². The van der Waals surface area contributed by atoms with Gasteiger partial charge in [-0.25, -0.2) is 5.01 Å². The van der Waals surface area contributed by atoms with E-state index in [4.69, 9.17) is 23.2 Å². The van der Waals surface area contributed by atoms with Crippen molar-refractivity contribution in [1.82, 2.24) is 10.3 Å². The minimum absolute atomic E-state index is 0.128. The molecule has 3 rings (SSSR count). The molecule has 1 fully saturated rings. The Balaban J connectivity index is 1.70. The molecule has 168 valence electrons. The van der Waals surface area contributed by atoms with Gasteiger partial charge >= 0.3 is 0 Å². The number of hydrogen-bond donors (Lipinski definition) is 2. The topological polar surface area (TPSA) is 98.8 Å². The van der Waals surface area contributed by atoms with E-state index in [2.05, 4.69) is 10.7 Å².